The van der Waals surface area contributed by atoms with E-state index in [1.807, 2.05) is 14.1 Å². The maximum Gasteiger partial charge on any atom is 0.234 e. The van der Waals surface area contributed by atoms with E-state index in [4.69, 9.17) is 4.99 Å². The molecule has 31 heavy (non-hydrogen) atoms. The van der Waals surface area contributed by atoms with Gasteiger partial charge in [0, 0.05) is 46.3 Å². The molecule has 2 aliphatic rings. The van der Waals surface area contributed by atoms with Gasteiger partial charge < -0.3 is 20.9 Å². The number of likely N-dealkylation sites (tertiary alicyclic amines) is 1. The van der Waals surface area contributed by atoms with Crippen molar-refractivity contribution < 1.29 is 9.59 Å². The minimum absolute atomic E-state index is 0. The number of nitrogens with one attached hydrogen (secondary N) is 3. The van der Waals surface area contributed by atoms with Crippen LogP contribution in [0.1, 0.15) is 58.8 Å². The highest BCUT2D eigenvalue weighted by atomic mass is 127. The molecule has 0 aromatic heterocycles. The first-order valence-corrected chi connectivity index (χ1v) is 11.7. The smallest absolute Gasteiger partial charge is 0.234 e. The van der Waals surface area contributed by atoms with Crippen molar-refractivity contribution in [1.82, 2.24) is 25.8 Å². The van der Waals surface area contributed by atoms with Gasteiger partial charge in [0.15, 0.2) is 5.96 Å². The highest BCUT2D eigenvalue weighted by molar-refractivity contribution is 14.0. The van der Waals surface area contributed by atoms with Crippen LogP contribution in [0.3, 0.4) is 0 Å². The SMILES string of the molecule is CCCNC(=O)CN1CCC(NC(=NCC2(C(=O)N(C)C)CCCC2)NCC)CC1.I. The molecular formula is C22H43IN6O2. The van der Waals surface area contributed by atoms with E-state index in [1.54, 1.807) is 4.90 Å². The normalized spacial score (nSPS) is 19.4. The quantitative estimate of drug-likeness (QED) is 0.232. The van der Waals surface area contributed by atoms with Crippen molar-refractivity contribution in [2.45, 2.75) is 64.8 Å². The van der Waals surface area contributed by atoms with E-state index in [-0.39, 0.29) is 41.2 Å². The Morgan fingerprint density at radius 1 is 1.10 bits per heavy atom. The summed E-state index contributed by atoms with van der Waals surface area (Å²) in [6.45, 7) is 8.48. The highest BCUT2D eigenvalue weighted by Gasteiger charge is 2.42. The van der Waals surface area contributed by atoms with Gasteiger partial charge in [-0.05, 0) is 39.0 Å². The van der Waals surface area contributed by atoms with Gasteiger partial charge in [0.2, 0.25) is 11.8 Å². The minimum atomic E-state index is -0.346. The molecule has 8 nitrogen and oxygen atoms in total. The van der Waals surface area contributed by atoms with Crippen LogP contribution < -0.4 is 16.0 Å². The fourth-order valence-electron chi connectivity index (χ4n) is 4.47. The second-order valence-electron chi connectivity index (χ2n) is 8.93. The molecule has 1 saturated heterocycles. The fraction of sp³-hybridized carbons (Fsp3) is 0.864. The second-order valence-corrected chi connectivity index (χ2v) is 8.93. The Labute approximate surface area is 205 Å². The first-order chi connectivity index (χ1) is 14.4. The highest BCUT2D eigenvalue weighted by Crippen LogP contribution is 2.39. The number of carbonyl (C=O) groups excluding carboxylic acids is 2. The Morgan fingerprint density at radius 2 is 1.74 bits per heavy atom. The topological polar surface area (TPSA) is 89.1 Å². The van der Waals surface area contributed by atoms with E-state index in [2.05, 4.69) is 34.7 Å². The molecule has 0 atom stereocenters. The molecule has 0 unspecified atom stereocenters. The maximum absolute atomic E-state index is 12.8. The van der Waals surface area contributed by atoms with Gasteiger partial charge in [0.05, 0.1) is 18.5 Å². The Kier molecular flexibility index (Phi) is 12.7. The monoisotopic (exact) mass is 550 g/mol. The van der Waals surface area contributed by atoms with E-state index < -0.39 is 0 Å². The van der Waals surface area contributed by atoms with Crippen molar-refractivity contribution in [3.8, 4) is 0 Å². The van der Waals surface area contributed by atoms with Crippen LogP contribution in [-0.2, 0) is 9.59 Å². The first kappa shape index (κ1) is 27.9. The lowest BCUT2D eigenvalue weighted by Crippen LogP contribution is -2.50. The van der Waals surface area contributed by atoms with E-state index >= 15 is 0 Å². The predicted molar refractivity (Wildman–Crippen MR) is 137 cm³/mol. The summed E-state index contributed by atoms with van der Waals surface area (Å²) >= 11 is 0. The molecule has 180 valence electrons. The number of amides is 2. The van der Waals surface area contributed by atoms with Crippen LogP contribution in [0.2, 0.25) is 0 Å². The summed E-state index contributed by atoms with van der Waals surface area (Å²) in [5.41, 5.74) is -0.346. The Hall–Kier alpha value is -1.10. The zero-order valence-electron chi connectivity index (χ0n) is 19.8. The van der Waals surface area contributed by atoms with E-state index in [1.165, 1.54) is 0 Å². The third-order valence-corrected chi connectivity index (χ3v) is 6.17. The van der Waals surface area contributed by atoms with E-state index in [9.17, 15) is 9.59 Å². The molecule has 0 bridgehead atoms. The van der Waals surface area contributed by atoms with Crippen molar-refractivity contribution in [2.75, 3.05) is 53.4 Å². The second kappa shape index (κ2) is 14.1. The number of guanidine groups is 1. The molecule has 0 aromatic rings. The van der Waals surface area contributed by atoms with Crippen molar-refractivity contribution in [3.63, 3.8) is 0 Å². The molecular weight excluding hydrogens is 507 g/mol. The number of nitrogens with zero attached hydrogens (tertiary/aromatic N) is 3. The Bertz CT molecular complexity index is 585. The van der Waals surface area contributed by atoms with Gasteiger partial charge in [-0.15, -0.1) is 24.0 Å². The van der Waals surface area contributed by atoms with Gasteiger partial charge in [-0.2, -0.15) is 0 Å². The molecule has 0 aromatic carbocycles. The van der Waals surface area contributed by atoms with Gasteiger partial charge in [-0.1, -0.05) is 19.8 Å². The Balaban J connectivity index is 0.00000480. The summed E-state index contributed by atoms with van der Waals surface area (Å²) in [7, 11) is 3.68. The van der Waals surface area contributed by atoms with Crippen molar-refractivity contribution in [2.24, 2.45) is 10.4 Å². The molecule has 2 amide bonds. The van der Waals surface area contributed by atoms with Crippen LogP contribution in [0.15, 0.2) is 4.99 Å². The number of piperidine rings is 1. The van der Waals surface area contributed by atoms with Crippen LogP contribution >= 0.6 is 24.0 Å². The van der Waals surface area contributed by atoms with E-state index in [0.29, 0.717) is 19.1 Å². The molecule has 1 heterocycles. The molecule has 0 spiro atoms. The van der Waals surface area contributed by atoms with Gasteiger partial charge in [0.25, 0.3) is 0 Å². The van der Waals surface area contributed by atoms with Crippen molar-refractivity contribution in [1.29, 1.82) is 0 Å². The molecule has 1 aliphatic carbocycles. The van der Waals surface area contributed by atoms with Gasteiger partial charge in [-0.25, -0.2) is 0 Å². The number of carbonyl (C=O) groups is 2. The molecule has 2 rings (SSSR count). The lowest BCUT2D eigenvalue weighted by molar-refractivity contribution is -0.138. The zero-order chi connectivity index (χ0) is 22.0. The number of hydrogen-bond acceptors (Lipinski definition) is 4. The summed E-state index contributed by atoms with van der Waals surface area (Å²) in [5, 5.41) is 9.85. The lowest BCUT2D eigenvalue weighted by atomic mass is 9.85. The molecule has 1 saturated carbocycles. The molecule has 0 radical (unpaired) electrons. The first-order valence-electron chi connectivity index (χ1n) is 11.7. The fourth-order valence-corrected chi connectivity index (χ4v) is 4.47. The number of aliphatic imine (C=N–C) groups is 1. The molecule has 2 fully saturated rings. The summed E-state index contributed by atoms with van der Waals surface area (Å²) < 4.78 is 0. The number of halogens is 1. The largest absolute Gasteiger partial charge is 0.357 e. The number of rotatable bonds is 9. The van der Waals surface area contributed by atoms with Crippen LogP contribution in [0.4, 0.5) is 0 Å². The average Bonchev–Trinajstić information content (AvgIpc) is 3.21. The van der Waals surface area contributed by atoms with E-state index in [0.717, 1.165) is 77.1 Å². The summed E-state index contributed by atoms with van der Waals surface area (Å²) in [6, 6.07) is 0.335. The van der Waals surface area contributed by atoms with Crippen molar-refractivity contribution >= 4 is 41.8 Å². The maximum atomic E-state index is 12.8. The molecule has 1 aliphatic heterocycles. The van der Waals surface area contributed by atoms with Crippen LogP contribution in [0.5, 0.6) is 0 Å². The lowest BCUT2D eigenvalue weighted by Gasteiger charge is -2.33. The number of hydrogen-bond donors (Lipinski definition) is 3. The minimum Gasteiger partial charge on any atom is -0.357 e. The summed E-state index contributed by atoms with van der Waals surface area (Å²) in [6.07, 6.45) is 6.97. The molecule has 3 N–H and O–H groups in total. The van der Waals surface area contributed by atoms with Crippen LogP contribution in [0, 0.1) is 5.41 Å². The summed E-state index contributed by atoms with van der Waals surface area (Å²) in [5.74, 6) is 1.12. The summed E-state index contributed by atoms with van der Waals surface area (Å²) in [4.78, 5) is 33.5. The van der Waals surface area contributed by atoms with Crippen LogP contribution in [0.25, 0.3) is 0 Å². The zero-order valence-corrected chi connectivity index (χ0v) is 22.2. The van der Waals surface area contributed by atoms with Gasteiger partial charge in [-0.3, -0.25) is 19.5 Å². The third-order valence-electron chi connectivity index (χ3n) is 6.17. The standard InChI is InChI=1S/C22H42N6O2.HI/c1-5-13-24-19(29)16-28-14-9-18(10-15-28)26-21(23-6-2)25-17-22(11-7-8-12-22)20(30)27(3)4;/h18H,5-17H2,1-4H3,(H,24,29)(H2,23,25,26);1H. The average molecular weight is 551 g/mol. The Morgan fingerprint density at radius 3 is 2.29 bits per heavy atom. The van der Waals surface area contributed by atoms with Gasteiger partial charge >= 0.3 is 0 Å². The van der Waals surface area contributed by atoms with Crippen molar-refractivity contribution in [3.05, 3.63) is 0 Å². The third kappa shape index (κ3) is 8.75. The van der Waals surface area contributed by atoms with Crippen LogP contribution in [-0.4, -0.2) is 87.0 Å². The van der Waals surface area contributed by atoms with Gasteiger partial charge in [0.1, 0.15) is 0 Å². The predicted octanol–water partition coefficient (Wildman–Crippen LogP) is 1.80. The molecule has 9 heteroatoms.